The second-order valence-electron chi connectivity index (χ2n) is 8.93. The smallest absolute Gasteiger partial charge is 0.287 e. The summed E-state index contributed by atoms with van der Waals surface area (Å²) >= 11 is 0. The van der Waals surface area contributed by atoms with Crippen LogP contribution in [0.25, 0.3) is 10.9 Å². The second kappa shape index (κ2) is 11.2. The Morgan fingerprint density at radius 3 is 2.83 bits per heavy atom. The molecule has 0 bridgehead atoms. The van der Waals surface area contributed by atoms with Crippen LogP contribution in [0.15, 0.2) is 41.2 Å². The molecule has 2 atom stereocenters. The molecule has 1 aromatic heterocycles. The number of hydrogen-bond donors (Lipinski definition) is 3. The number of hydrogen-bond acceptors (Lipinski definition) is 6. The Hall–Kier alpha value is -3.95. The van der Waals surface area contributed by atoms with Crippen molar-refractivity contribution in [3.05, 3.63) is 64.0 Å². The highest BCUT2D eigenvalue weighted by atomic mass is 19.1. The number of methoxy groups -OCH3 is 1. The fourth-order valence-electron chi connectivity index (χ4n) is 4.56. The van der Waals surface area contributed by atoms with E-state index in [0.29, 0.717) is 18.1 Å². The van der Waals surface area contributed by atoms with Crippen LogP contribution in [0.2, 0.25) is 0 Å². The third kappa shape index (κ3) is 5.99. The van der Waals surface area contributed by atoms with Gasteiger partial charge in [0.05, 0.1) is 19.2 Å². The largest absolute Gasteiger partial charge is 0.497 e. The number of rotatable bonds is 9. The molecule has 10 heteroatoms. The summed E-state index contributed by atoms with van der Waals surface area (Å²) in [4.78, 5) is 43.4. The molecule has 1 saturated carbocycles. The van der Waals surface area contributed by atoms with Crippen molar-refractivity contribution in [2.24, 2.45) is 5.92 Å². The number of benzene rings is 2. The molecule has 1 fully saturated rings. The van der Waals surface area contributed by atoms with Crippen molar-refractivity contribution >= 4 is 22.7 Å². The standard InChI is InChI=1S/C26H29FN4O5/c1-15(32)29-18-7-6-16(12-18)10-11-36-23-20(27)8-9-21-22(23)25(33)31-24(30-21)26(34)28-14-17-4-3-5-19(13-17)35-2/h3-5,8-9,13,16,18H,6-7,10-12,14H2,1-2H3,(H,28,34)(H,29,32)(H,30,31,33). The summed E-state index contributed by atoms with van der Waals surface area (Å²) in [6.45, 7) is 1.93. The molecule has 1 aliphatic rings. The van der Waals surface area contributed by atoms with E-state index < -0.39 is 17.3 Å². The number of amides is 2. The van der Waals surface area contributed by atoms with Gasteiger partial charge in [-0.05, 0) is 61.4 Å². The average Bonchev–Trinajstić information content (AvgIpc) is 3.30. The van der Waals surface area contributed by atoms with Gasteiger partial charge in [0.25, 0.3) is 11.5 Å². The Morgan fingerprint density at radius 1 is 1.22 bits per heavy atom. The molecule has 190 valence electrons. The molecule has 0 aliphatic heterocycles. The molecule has 3 aromatic rings. The van der Waals surface area contributed by atoms with Gasteiger partial charge in [0.2, 0.25) is 5.91 Å². The number of H-pyrrole nitrogens is 1. The van der Waals surface area contributed by atoms with Crippen molar-refractivity contribution in [1.82, 2.24) is 20.6 Å². The van der Waals surface area contributed by atoms with E-state index in [2.05, 4.69) is 20.6 Å². The van der Waals surface area contributed by atoms with Gasteiger partial charge in [-0.2, -0.15) is 0 Å². The van der Waals surface area contributed by atoms with Crippen LogP contribution in [0.3, 0.4) is 0 Å². The summed E-state index contributed by atoms with van der Waals surface area (Å²) in [6, 6.07) is 9.89. The lowest BCUT2D eigenvalue weighted by atomic mass is 10.0. The highest BCUT2D eigenvalue weighted by Gasteiger charge is 2.25. The molecule has 36 heavy (non-hydrogen) atoms. The molecule has 3 N–H and O–H groups in total. The van der Waals surface area contributed by atoms with Crippen LogP contribution in [0.5, 0.6) is 11.5 Å². The lowest BCUT2D eigenvalue weighted by Gasteiger charge is -2.14. The first-order valence-corrected chi connectivity index (χ1v) is 11.9. The Bertz CT molecular complexity index is 1330. The fraction of sp³-hybridized carbons (Fsp3) is 0.385. The Kier molecular flexibility index (Phi) is 7.82. The maximum Gasteiger partial charge on any atom is 0.287 e. The van der Waals surface area contributed by atoms with Crippen LogP contribution in [0, 0.1) is 11.7 Å². The second-order valence-corrected chi connectivity index (χ2v) is 8.93. The van der Waals surface area contributed by atoms with Gasteiger partial charge in [-0.15, -0.1) is 0 Å². The van der Waals surface area contributed by atoms with Crippen LogP contribution in [-0.2, 0) is 11.3 Å². The minimum absolute atomic E-state index is 0.0399. The molecule has 0 spiro atoms. The van der Waals surface area contributed by atoms with Gasteiger partial charge in [-0.25, -0.2) is 9.37 Å². The lowest BCUT2D eigenvalue weighted by molar-refractivity contribution is -0.119. The molecular weight excluding hydrogens is 467 g/mol. The predicted octanol–water partition coefficient (Wildman–Crippen LogP) is 3.07. The van der Waals surface area contributed by atoms with E-state index in [0.717, 1.165) is 24.8 Å². The number of halogens is 1. The minimum Gasteiger partial charge on any atom is -0.497 e. The van der Waals surface area contributed by atoms with Crippen LogP contribution >= 0.6 is 0 Å². The summed E-state index contributed by atoms with van der Waals surface area (Å²) < 4.78 is 25.5. The van der Waals surface area contributed by atoms with E-state index in [4.69, 9.17) is 9.47 Å². The van der Waals surface area contributed by atoms with Crippen LogP contribution in [0.4, 0.5) is 4.39 Å². The van der Waals surface area contributed by atoms with Gasteiger partial charge in [-0.1, -0.05) is 12.1 Å². The molecule has 0 radical (unpaired) electrons. The third-order valence-corrected chi connectivity index (χ3v) is 6.30. The predicted molar refractivity (Wildman–Crippen MR) is 132 cm³/mol. The van der Waals surface area contributed by atoms with Gasteiger partial charge < -0.3 is 25.1 Å². The van der Waals surface area contributed by atoms with E-state index in [1.54, 1.807) is 25.3 Å². The third-order valence-electron chi connectivity index (χ3n) is 6.30. The molecule has 2 unspecified atom stereocenters. The first-order valence-electron chi connectivity index (χ1n) is 11.9. The van der Waals surface area contributed by atoms with Crippen LogP contribution < -0.4 is 25.7 Å². The summed E-state index contributed by atoms with van der Waals surface area (Å²) in [6.07, 6.45) is 3.36. The summed E-state index contributed by atoms with van der Waals surface area (Å²) in [5.41, 5.74) is 0.315. The summed E-state index contributed by atoms with van der Waals surface area (Å²) in [5, 5.41) is 5.59. The molecule has 0 saturated heterocycles. The van der Waals surface area contributed by atoms with Crippen molar-refractivity contribution in [2.45, 2.75) is 45.2 Å². The van der Waals surface area contributed by atoms with Gasteiger partial charge in [0, 0.05) is 19.5 Å². The molecule has 1 aliphatic carbocycles. The number of nitrogens with one attached hydrogen (secondary N) is 3. The highest BCUT2D eigenvalue weighted by molar-refractivity contribution is 5.93. The maximum atomic E-state index is 14.6. The summed E-state index contributed by atoms with van der Waals surface area (Å²) in [5.74, 6) is -0.643. The lowest BCUT2D eigenvalue weighted by Crippen LogP contribution is -2.30. The molecule has 2 amide bonds. The number of nitrogens with zero attached hydrogens (tertiary/aromatic N) is 1. The van der Waals surface area contributed by atoms with E-state index in [-0.39, 0.29) is 47.6 Å². The van der Waals surface area contributed by atoms with Crippen molar-refractivity contribution in [3.63, 3.8) is 0 Å². The van der Waals surface area contributed by atoms with Gasteiger partial charge in [0.15, 0.2) is 17.4 Å². The SMILES string of the molecule is COc1cccc(CNC(=O)c2nc3ccc(F)c(OCCC4CCC(NC(C)=O)C4)c3c(=O)[nH]2)c1. The maximum absolute atomic E-state index is 14.6. The number of aromatic nitrogens is 2. The molecule has 9 nitrogen and oxygen atoms in total. The fourth-order valence-corrected chi connectivity index (χ4v) is 4.56. The van der Waals surface area contributed by atoms with E-state index >= 15 is 0 Å². The zero-order chi connectivity index (χ0) is 25.7. The van der Waals surface area contributed by atoms with Crippen molar-refractivity contribution in [3.8, 4) is 11.5 Å². The van der Waals surface area contributed by atoms with E-state index in [1.165, 1.54) is 19.1 Å². The van der Waals surface area contributed by atoms with Crippen molar-refractivity contribution in [1.29, 1.82) is 0 Å². The minimum atomic E-state index is -0.674. The monoisotopic (exact) mass is 496 g/mol. The number of ether oxygens (including phenoxy) is 2. The Balaban J connectivity index is 1.43. The zero-order valence-electron chi connectivity index (χ0n) is 20.2. The topological polar surface area (TPSA) is 122 Å². The van der Waals surface area contributed by atoms with Gasteiger partial charge >= 0.3 is 0 Å². The van der Waals surface area contributed by atoms with Crippen molar-refractivity contribution < 1.29 is 23.5 Å². The average molecular weight is 497 g/mol. The number of fused-ring (bicyclic) bond motifs is 1. The number of carbonyl (C=O) groups is 2. The molecule has 2 aromatic carbocycles. The number of carbonyl (C=O) groups excluding carboxylic acids is 2. The Morgan fingerprint density at radius 2 is 2.06 bits per heavy atom. The van der Waals surface area contributed by atoms with Crippen molar-refractivity contribution in [2.75, 3.05) is 13.7 Å². The van der Waals surface area contributed by atoms with Crippen LogP contribution in [-0.4, -0.2) is 41.5 Å². The number of aromatic amines is 1. The summed E-state index contributed by atoms with van der Waals surface area (Å²) in [7, 11) is 1.56. The van der Waals surface area contributed by atoms with Gasteiger partial charge in [0.1, 0.15) is 11.1 Å². The highest BCUT2D eigenvalue weighted by Crippen LogP contribution is 2.30. The zero-order valence-corrected chi connectivity index (χ0v) is 20.2. The van der Waals surface area contributed by atoms with E-state index in [9.17, 15) is 18.8 Å². The first-order chi connectivity index (χ1) is 17.3. The normalized spacial score (nSPS) is 17.1. The quantitative estimate of drug-likeness (QED) is 0.419. The van der Waals surface area contributed by atoms with Gasteiger partial charge in [-0.3, -0.25) is 14.4 Å². The van der Waals surface area contributed by atoms with Crippen LogP contribution in [0.1, 0.15) is 48.8 Å². The van der Waals surface area contributed by atoms with E-state index in [1.807, 2.05) is 6.07 Å². The molecular formula is C26H29FN4O5. The first kappa shape index (κ1) is 25.2. The Labute approximate surface area is 207 Å². The molecule has 4 rings (SSSR count). The molecule has 1 heterocycles.